The summed E-state index contributed by atoms with van der Waals surface area (Å²) in [6, 6.07) is 2.03. The monoisotopic (exact) mass is 180 g/mol. The number of hydrogen-bond acceptors (Lipinski definition) is 2. The molecule has 0 saturated carbocycles. The third kappa shape index (κ3) is 1.43. The minimum atomic E-state index is -0.709. The molecule has 2 rings (SSSR count). The van der Waals surface area contributed by atoms with Crippen LogP contribution in [-0.2, 0) is 17.8 Å². The molecule has 1 N–H and O–H groups in total. The number of aryl methyl sites for hydroxylation is 2. The van der Waals surface area contributed by atoms with Gasteiger partial charge >= 0.3 is 5.97 Å². The summed E-state index contributed by atoms with van der Waals surface area (Å²) in [6.45, 7) is 2.46. The van der Waals surface area contributed by atoms with Gasteiger partial charge in [-0.2, -0.15) is 5.10 Å². The molecule has 0 aromatic carbocycles. The summed E-state index contributed by atoms with van der Waals surface area (Å²) in [5.41, 5.74) is 2.14. The van der Waals surface area contributed by atoms with E-state index in [9.17, 15) is 4.79 Å². The Morgan fingerprint density at radius 3 is 3.23 bits per heavy atom. The number of carbonyl (C=O) groups is 1. The number of rotatable bonds is 1. The van der Waals surface area contributed by atoms with Crippen LogP contribution in [0, 0.1) is 12.8 Å². The van der Waals surface area contributed by atoms with Gasteiger partial charge in [0.2, 0.25) is 0 Å². The summed E-state index contributed by atoms with van der Waals surface area (Å²) in [5.74, 6) is -0.967. The second kappa shape index (κ2) is 2.87. The second-order valence-corrected chi connectivity index (χ2v) is 3.53. The van der Waals surface area contributed by atoms with Gasteiger partial charge in [-0.1, -0.05) is 0 Å². The third-order valence-electron chi connectivity index (χ3n) is 2.48. The molecule has 70 valence electrons. The highest BCUT2D eigenvalue weighted by atomic mass is 16.4. The number of fused-ring (bicyclic) bond motifs is 1. The Kier molecular flexibility index (Phi) is 1.83. The lowest BCUT2D eigenvalue weighted by Crippen LogP contribution is -2.26. The van der Waals surface area contributed by atoms with Gasteiger partial charge in [0.25, 0.3) is 0 Å². The molecule has 0 saturated heterocycles. The van der Waals surface area contributed by atoms with Crippen molar-refractivity contribution in [3.8, 4) is 0 Å². The van der Waals surface area contributed by atoms with Crippen LogP contribution in [-0.4, -0.2) is 20.9 Å². The topological polar surface area (TPSA) is 55.1 Å². The molecule has 0 spiro atoms. The average Bonchev–Trinajstić information content (AvgIpc) is 2.42. The fourth-order valence-electron chi connectivity index (χ4n) is 1.78. The first-order valence-electron chi connectivity index (χ1n) is 4.43. The van der Waals surface area contributed by atoms with Crippen LogP contribution in [0.15, 0.2) is 6.07 Å². The standard InChI is InChI=1S/C9H12N2O2/c1-6-4-8-3-2-7(9(12)13)5-11(8)10-6/h4,7H,2-3,5H2,1H3,(H,12,13). The van der Waals surface area contributed by atoms with E-state index in [1.165, 1.54) is 0 Å². The van der Waals surface area contributed by atoms with Gasteiger partial charge in [-0.15, -0.1) is 0 Å². The summed E-state index contributed by atoms with van der Waals surface area (Å²) in [7, 11) is 0. The molecule has 0 bridgehead atoms. The van der Waals surface area contributed by atoms with E-state index in [1.54, 1.807) is 0 Å². The maximum absolute atomic E-state index is 10.7. The van der Waals surface area contributed by atoms with E-state index in [4.69, 9.17) is 5.11 Å². The number of aromatic nitrogens is 2. The highest BCUT2D eigenvalue weighted by Crippen LogP contribution is 2.20. The lowest BCUT2D eigenvalue weighted by atomic mass is 9.99. The smallest absolute Gasteiger partial charge is 0.308 e. The third-order valence-corrected chi connectivity index (χ3v) is 2.48. The van der Waals surface area contributed by atoms with Gasteiger partial charge in [0.15, 0.2) is 0 Å². The maximum atomic E-state index is 10.7. The van der Waals surface area contributed by atoms with Crippen LogP contribution >= 0.6 is 0 Å². The van der Waals surface area contributed by atoms with Gasteiger partial charge < -0.3 is 5.11 Å². The van der Waals surface area contributed by atoms with E-state index >= 15 is 0 Å². The first-order valence-corrected chi connectivity index (χ1v) is 4.43. The molecule has 4 heteroatoms. The molecule has 1 aromatic heterocycles. The van der Waals surface area contributed by atoms with E-state index in [2.05, 4.69) is 5.10 Å². The van der Waals surface area contributed by atoms with Crippen molar-refractivity contribution in [2.45, 2.75) is 26.3 Å². The Balaban J connectivity index is 2.24. The molecule has 0 fully saturated rings. The Hall–Kier alpha value is -1.32. The molecule has 1 aromatic rings. The Bertz CT molecular complexity index is 343. The van der Waals surface area contributed by atoms with Crippen LogP contribution in [0.25, 0.3) is 0 Å². The van der Waals surface area contributed by atoms with Gasteiger partial charge in [0.1, 0.15) is 0 Å². The predicted octanol–water partition coefficient (Wildman–Crippen LogP) is 0.839. The molecular formula is C9H12N2O2. The van der Waals surface area contributed by atoms with Crippen molar-refractivity contribution < 1.29 is 9.90 Å². The quantitative estimate of drug-likeness (QED) is 0.696. The zero-order valence-corrected chi connectivity index (χ0v) is 7.53. The van der Waals surface area contributed by atoms with Crippen molar-refractivity contribution in [3.63, 3.8) is 0 Å². The Morgan fingerprint density at radius 2 is 2.54 bits per heavy atom. The summed E-state index contributed by atoms with van der Waals surface area (Å²) >= 11 is 0. The van der Waals surface area contributed by atoms with Crippen LogP contribution in [0.3, 0.4) is 0 Å². The van der Waals surface area contributed by atoms with Gasteiger partial charge in [-0.05, 0) is 25.8 Å². The molecule has 0 radical (unpaired) electrons. The fourth-order valence-corrected chi connectivity index (χ4v) is 1.78. The van der Waals surface area contributed by atoms with Crippen LogP contribution in [0.5, 0.6) is 0 Å². The van der Waals surface area contributed by atoms with E-state index < -0.39 is 5.97 Å². The van der Waals surface area contributed by atoms with Crippen molar-refractivity contribution >= 4 is 5.97 Å². The molecule has 0 amide bonds. The number of carboxylic acids is 1. The number of aliphatic carboxylic acids is 1. The summed E-state index contributed by atoms with van der Waals surface area (Å²) < 4.78 is 1.82. The van der Waals surface area contributed by atoms with Gasteiger partial charge in [0, 0.05) is 5.69 Å². The van der Waals surface area contributed by atoms with Crippen LogP contribution in [0.2, 0.25) is 0 Å². The first-order chi connectivity index (χ1) is 6.16. The molecule has 1 unspecified atom stereocenters. The molecule has 2 heterocycles. The molecule has 4 nitrogen and oxygen atoms in total. The maximum Gasteiger partial charge on any atom is 0.308 e. The van der Waals surface area contributed by atoms with E-state index in [0.29, 0.717) is 6.54 Å². The van der Waals surface area contributed by atoms with Crippen molar-refractivity contribution in [2.75, 3.05) is 0 Å². The minimum Gasteiger partial charge on any atom is -0.481 e. The van der Waals surface area contributed by atoms with Crippen molar-refractivity contribution in [1.29, 1.82) is 0 Å². The summed E-state index contributed by atoms with van der Waals surface area (Å²) in [4.78, 5) is 10.7. The number of nitrogens with zero attached hydrogens (tertiary/aromatic N) is 2. The highest BCUT2D eigenvalue weighted by Gasteiger charge is 2.24. The Morgan fingerprint density at radius 1 is 1.77 bits per heavy atom. The fraction of sp³-hybridized carbons (Fsp3) is 0.556. The van der Waals surface area contributed by atoms with E-state index in [1.807, 2.05) is 17.7 Å². The van der Waals surface area contributed by atoms with Gasteiger partial charge in [-0.25, -0.2) is 0 Å². The summed E-state index contributed by atoms with van der Waals surface area (Å²) in [5, 5.41) is 13.1. The number of hydrogen-bond donors (Lipinski definition) is 1. The predicted molar refractivity (Wildman–Crippen MR) is 46.4 cm³/mol. The zero-order valence-electron chi connectivity index (χ0n) is 7.53. The highest BCUT2D eigenvalue weighted by molar-refractivity contribution is 5.70. The lowest BCUT2D eigenvalue weighted by molar-refractivity contribution is -0.142. The number of carboxylic acid groups (broad SMARTS) is 1. The average molecular weight is 180 g/mol. The molecule has 1 atom stereocenters. The molecule has 1 aliphatic rings. The van der Waals surface area contributed by atoms with Gasteiger partial charge in [0.05, 0.1) is 18.2 Å². The lowest BCUT2D eigenvalue weighted by Gasteiger charge is -2.19. The molecular weight excluding hydrogens is 168 g/mol. The Labute approximate surface area is 76.2 Å². The molecule has 1 aliphatic heterocycles. The van der Waals surface area contributed by atoms with Crippen LogP contribution in [0.1, 0.15) is 17.8 Å². The van der Waals surface area contributed by atoms with Gasteiger partial charge in [-0.3, -0.25) is 9.48 Å². The van der Waals surface area contributed by atoms with E-state index in [0.717, 1.165) is 24.2 Å². The zero-order chi connectivity index (χ0) is 9.42. The van der Waals surface area contributed by atoms with Crippen molar-refractivity contribution in [1.82, 2.24) is 9.78 Å². The molecule has 0 aliphatic carbocycles. The SMILES string of the molecule is Cc1cc2n(n1)CC(C(=O)O)CC2. The molecule has 13 heavy (non-hydrogen) atoms. The summed E-state index contributed by atoms with van der Waals surface area (Å²) in [6.07, 6.45) is 1.57. The largest absolute Gasteiger partial charge is 0.481 e. The second-order valence-electron chi connectivity index (χ2n) is 3.53. The van der Waals surface area contributed by atoms with E-state index in [-0.39, 0.29) is 5.92 Å². The normalized spacial score (nSPS) is 21.2. The first kappa shape index (κ1) is 8.29. The van der Waals surface area contributed by atoms with Crippen molar-refractivity contribution in [2.24, 2.45) is 5.92 Å². The minimum absolute atomic E-state index is 0.258. The van der Waals surface area contributed by atoms with Crippen LogP contribution < -0.4 is 0 Å². The van der Waals surface area contributed by atoms with Crippen LogP contribution in [0.4, 0.5) is 0 Å². The van der Waals surface area contributed by atoms with Crippen molar-refractivity contribution in [3.05, 3.63) is 17.5 Å².